The molecule has 0 radical (unpaired) electrons. The molecule has 8 aromatic carbocycles. The lowest BCUT2D eigenvalue weighted by Crippen LogP contribution is -2.50. The van der Waals surface area contributed by atoms with E-state index in [1.54, 1.807) is 6.33 Å². The van der Waals surface area contributed by atoms with Crippen molar-refractivity contribution in [3.8, 4) is 28.6 Å². The number of nitrogens with one attached hydrogen (secondary N) is 7. The first-order valence-corrected chi connectivity index (χ1v) is 44.7. The summed E-state index contributed by atoms with van der Waals surface area (Å²) in [5.41, 5.74) is 24.1. The van der Waals surface area contributed by atoms with Gasteiger partial charge >= 0.3 is 0 Å². The highest BCUT2D eigenvalue weighted by molar-refractivity contribution is 5.92. The number of aromatic amines is 2. The summed E-state index contributed by atoms with van der Waals surface area (Å²) in [6.07, 6.45) is 21.5. The molecule has 121 heavy (non-hydrogen) atoms. The van der Waals surface area contributed by atoms with Crippen molar-refractivity contribution in [2.24, 2.45) is 7.05 Å². The first-order valence-electron chi connectivity index (χ1n) is 44.7. The van der Waals surface area contributed by atoms with Crippen molar-refractivity contribution in [3.63, 3.8) is 0 Å². The Morgan fingerprint density at radius 1 is 0.471 bits per heavy atom. The molecule has 0 unspecified atom stereocenters. The number of nitriles is 1. The minimum absolute atomic E-state index is 0.147. The monoisotopic (exact) mass is 1610 g/mol. The maximum atomic E-state index is 11.5. The Morgan fingerprint density at radius 2 is 0.950 bits per heavy atom. The molecule has 10 heterocycles. The maximum absolute atomic E-state index is 11.5. The zero-order valence-electron chi connectivity index (χ0n) is 70.7. The van der Waals surface area contributed by atoms with Crippen LogP contribution in [-0.2, 0) is 37.6 Å². The van der Waals surface area contributed by atoms with Crippen LogP contribution in [0.15, 0.2) is 223 Å². The van der Waals surface area contributed by atoms with Gasteiger partial charge in [-0.3, -0.25) is 14.4 Å². The lowest BCUT2D eigenvalue weighted by atomic mass is 10.0. The fraction of sp³-hybridized carbons (Fsp3) is 0.373. The van der Waals surface area contributed by atoms with E-state index >= 15 is 0 Å². The molecule has 8 aliphatic rings. The van der Waals surface area contributed by atoms with Gasteiger partial charge in [0, 0.05) is 192 Å². The van der Waals surface area contributed by atoms with Crippen molar-refractivity contribution in [2.45, 2.75) is 121 Å². The number of furan rings is 1. The molecule has 4 aromatic heterocycles. The Balaban J connectivity index is 0.000000115. The highest BCUT2D eigenvalue weighted by atomic mass is 16.3. The van der Waals surface area contributed by atoms with Gasteiger partial charge in [0.2, 0.25) is 5.91 Å². The lowest BCUT2D eigenvalue weighted by Gasteiger charge is -2.35. The van der Waals surface area contributed by atoms with Crippen LogP contribution in [0.1, 0.15) is 120 Å². The number of likely N-dealkylation sites (tertiary alicyclic amines) is 1. The average Bonchev–Trinajstić information content (AvgIpc) is 1.71. The van der Waals surface area contributed by atoms with Crippen LogP contribution in [-0.4, -0.2) is 182 Å². The summed E-state index contributed by atoms with van der Waals surface area (Å²) in [6, 6.07) is 80.6. The second-order valence-electron chi connectivity index (χ2n) is 34.2. The Morgan fingerprint density at radius 3 is 1.45 bits per heavy atom. The number of fused-ring (bicyclic) bond motifs is 4. The van der Waals surface area contributed by atoms with Crippen LogP contribution < -0.4 is 46.2 Å². The minimum Gasteiger partial charge on any atom is -0.465 e. The van der Waals surface area contributed by atoms with Gasteiger partial charge in [0.05, 0.1) is 24.7 Å². The fourth-order valence-corrected chi connectivity index (χ4v) is 18.9. The molecule has 0 saturated carbocycles. The summed E-state index contributed by atoms with van der Waals surface area (Å²) in [5.74, 6) is 3.18. The number of piperazine rings is 1. The molecule has 20 rings (SSSR count). The molecule has 19 heteroatoms. The molecule has 1 amide bonds. The number of piperidine rings is 4. The van der Waals surface area contributed by atoms with E-state index in [-0.39, 0.29) is 5.91 Å². The number of carbonyl (C=O) groups excluding carboxylic acids is 1. The number of hydrogen-bond acceptors (Lipinski definition) is 15. The number of benzene rings is 8. The van der Waals surface area contributed by atoms with Gasteiger partial charge < -0.3 is 65.5 Å². The van der Waals surface area contributed by atoms with Crippen molar-refractivity contribution >= 4 is 73.8 Å². The number of anilines is 4. The highest BCUT2D eigenvalue weighted by Crippen LogP contribution is 2.37. The largest absolute Gasteiger partial charge is 0.465 e. The Bertz CT molecular complexity index is 5490. The molecular weight excluding hydrogens is 1500 g/mol. The molecule has 6 aliphatic heterocycles. The molecule has 0 bridgehead atoms. The van der Waals surface area contributed by atoms with Gasteiger partial charge in [-0.2, -0.15) is 10.4 Å². The van der Waals surface area contributed by atoms with Crippen LogP contribution in [0.4, 0.5) is 22.7 Å². The fourth-order valence-electron chi connectivity index (χ4n) is 18.9. The number of amides is 1. The Labute approximate surface area is 714 Å². The quantitative estimate of drug-likeness (QED) is 0.0319. The van der Waals surface area contributed by atoms with Gasteiger partial charge in [-0.25, -0.2) is 4.98 Å². The van der Waals surface area contributed by atoms with Gasteiger partial charge in [-0.1, -0.05) is 127 Å². The van der Waals surface area contributed by atoms with E-state index in [0.29, 0.717) is 36.3 Å². The minimum atomic E-state index is 0.147. The number of aryl methyl sites for hydroxylation is 2. The molecule has 19 nitrogen and oxygen atoms in total. The van der Waals surface area contributed by atoms with Crippen LogP contribution in [0.2, 0.25) is 0 Å². The summed E-state index contributed by atoms with van der Waals surface area (Å²) < 4.78 is 7.51. The molecule has 6 fully saturated rings. The van der Waals surface area contributed by atoms with E-state index < -0.39 is 0 Å². The van der Waals surface area contributed by atoms with E-state index in [9.17, 15) is 4.79 Å². The third kappa shape index (κ3) is 21.5. The molecular formula is C102H119N17O2. The third-order valence-electron chi connectivity index (χ3n) is 26.0. The zero-order valence-corrected chi connectivity index (χ0v) is 70.7. The number of hydrogen-bond donors (Lipinski definition) is 7. The Hall–Kier alpha value is -11.3. The van der Waals surface area contributed by atoms with Crippen LogP contribution >= 0.6 is 0 Å². The second-order valence-corrected chi connectivity index (χ2v) is 34.2. The summed E-state index contributed by atoms with van der Waals surface area (Å²) >= 11 is 0. The molecule has 0 spiro atoms. The number of H-pyrrole nitrogens is 2. The maximum Gasteiger partial charge on any atom is 0.234 e. The van der Waals surface area contributed by atoms with Gasteiger partial charge in [-0.05, 0) is 250 Å². The van der Waals surface area contributed by atoms with E-state index in [1.165, 1.54) is 140 Å². The first-order chi connectivity index (χ1) is 59.5. The molecule has 6 saturated heterocycles. The number of allylic oxidation sites excluding steroid dienone is 2. The van der Waals surface area contributed by atoms with Crippen molar-refractivity contribution in [1.82, 2.24) is 61.1 Å². The summed E-state index contributed by atoms with van der Waals surface area (Å²) in [4.78, 5) is 37.7. The van der Waals surface area contributed by atoms with Crippen molar-refractivity contribution in [1.29, 1.82) is 5.26 Å². The summed E-state index contributed by atoms with van der Waals surface area (Å²) in [7, 11) is 1.94. The standard InChI is InChI=1S/C26H33N3.C26H28N2O.C25H27N7.C25H31N5O/c1-2-7-22-19-24(18-21(22)6-1)23-8-5-9-26(20-23)29-15-10-25(11-16-29)27-12-17-28-13-3-4-14-28;1-19-9-10-26(29-19)18-27-24-11-13-28(14-12-24)25-8-4-7-22(17-25)23-15-20-5-2-3-6-21(20)16-23;1-31-25(28-17-29-31)7-10-27-21-8-11-32(12-9-21)22-4-2-3-19(14-22)24-15-20-13-18(16-26)5-6-23(20)30-24;31-25-18-29(15-11-27-25)14-10-26-21-8-12-30(13-9-21)22-6-3-5-19(16-22)24-17-20-4-1-2-7-23(20)28-24/h1-2,5-9,18,20,25,27H,3-4,10-17,19H2;2-10,15,17,24,27H,11-14,16,18H2,1H3;2-6,13-15,17,21,27,30H,7-12H2,1H3;1-7,16-17,21,26,28H,8-15,18H2,(H,27,31). The predicted octanol–water partition coefficient (Wildman–Crippen LogP) is 16.3. The number of rotatable bonds is 23. The molecule has 12 aromatic rings. The van der Waals surface area contributed by atoms with E-state index in [0.717, 1.165) is 190 Å². The van der Waals surface area contributed by atoms with Crippen molar-refractivity contribution < 1.29 is 9.21 Å². The van der Waals surface area contributed by atoms with Crippen molar-refractivity contribution in [3.05, 3.63) is 275 Å². The van der Waals surface area contributed by atoms with Crippen molar-refractivity contribution in [2.75, 3.05) is 137 Å². The summed E-state index contributed by atoms with van der Waals surface area (Å²) in [5, 5.41) is 33.3. The molecule has 0 atom stereocenters. The molecule has 624 valence electrons. The van der Waals surface area contributed by atoms with Gasteiger partial charge in [0.25, 0.3) is 0 Å². The van der Waals surface area contributed by atoms with Crippen LogP contribution in [0.3, 0.4) is 0 Å². The van der Waals surface area contributed by atoms with Gasteiger partial charge in [-0.15, -0.1) is 0 Å². The third-order valence-corrected chi connectivity index (χ3v) is 26.0. The number of nitrogens with zero attached hydrogens (tertiary/aromatic N) is 10. The smallest absolute Gasteiger partial charge is 0.234 e. The van der Waals surface area contributed by atoms with Gasteiger partial charge in [0.15, 0.2) is 0 Å². The number of para-hydroxylation sites is 1. The lowest BCUT2D eigenvalue weighted by molar-refractivity contribution is -0.124. The molecule has 2 aliphatic carbocycles. The average molecular weight is 1620 g/mol. The van der Waals surface area contributed by atoms with Crippen LogP contribution in [0.5, 0.6) is 0 Å². The Kier molecular flexibility index (Phi) is 27.0. The number of aromatic nitrogens is 5. The first kappa shape index (κ1) is 82.0. The molecule has 7 N–H and O–H groups in total. The summed E-state index contributed by atoms with van der Waals surface area (Å²) in [6.45, 7) is 21.6. The van der Waals surface area contributed by atoms with E-state index in [4.69, 9.17) is 9.68 Å². The highest BCUT2D eigenvalue weighted by Gasteiger charge is 2.27. The van der Waals surface area contributed by atoms with Crippen LogP contribution in [0, 0.1) is 18.3 Å². The SMILES string of the molecule is C1=C(c2cccc(N3CCC(NCCN4CCCC4)CC3)c2)Cc2ccccc21.Cc1ccc(CNC2CCN(c3cccc(C4=Cc5ccccc5C4)c3)CC2)o1.Cn1ncnc1CCNC1CCN(c2cccc(-c3cc4cc(C#N)ccc4[nH]3)c2)CC1.O=C1CN(CCNC2CCN(c3cccc(-c4cc5ccccc5[nH]4)c3)CC2)CCN1. The van der Waals surface area contributed by atoms with E-state index in [2.05, 4.69) is 282 Å². The zero-order chi connectivity index (χ0) is 82.1. The van der Waals surface area contributed by atoms with Gasteiger partial charge in [0.1, 0.15) is 23.7 Å². The second kappa shape index (κ2) is 39.9. The number of carbonyl (C=O) groups is 1. The van der Waals surface area contributed by atoms with E-state index in [1.807, 2.05) is 42.9 Å². The predicted molar refractivity (Wildman–Crippen MR) is 496 cm³/mol. The normalized spacial score (nSPS) is 17.4. The topological polar surface area (TPSA) is 196 Å². The van der Waals surface area contributed by atoms with Crippen LogP contribution in [0.25, 0.3) is 67.6 Å².